The third-order valence-electron chi connectivity index (χ3n) is 5.00. The van der Waals surface area contributed by atoms with Gasteiger partial charge < -0.3 is 15.6 Å². The first-order chi connectivity index (χ1) is 13.6. The first kappa shape index (κ1) is 17.9. The minimum atomic E-state index is -0.453. The molecule has 4 rings (SSSR count). The number of carbonyl (C=O) groups excluding carboxylic acids is 2. The van der Waals surface area contributed by atoms with Crippen molar-refractivity contribution in [1.29, 1.82) is 0 Å². The van der Waals surface area contributed by atoms with E-state index in [4.69, 9.17) is 5.73 Å². The van der Waals surface area contributed by atoms with E-state index in [1.165, 1.54) is 0 Å². The molecule has 0 atom stereocenters. The quantitative estimate of drug-likeness (QED) is 0.712. The van der Waals surface area contributed by atoms with Gasteiger partial charge in [0.15, 0.2) is 0 Å². The molecule has 0 spiro atoms. The Kier molecular flexibility index (Phi) is 4.89. The summed E-state index contributed by atoms with van der Waals surface area (Å²) in [6.45, 7) is 1.21. The molecule has 3 N–H and O–H groups in total. The van der Waals surface area contributed by atoms with Crippen molar-refractivity contribution < 1.29 is 9.59 Å². The van der Waals surface area contributed by atoms with Gasteiger partial charge in [0.2, 0.25) is 11.8 Å². The van der Waals surface area contributed by atoms with E-state index >= 15 is 0 Å². The molecule has 3 aromatic rings. The molecule has 3 heterocycles. The maximum atomic E-state index is 12.6. The van der Waals surface area contributed by atoms with Crippen LogP contribution in [0.25, 0.3) is 11.4 Å². The first-order valence-electron chi connectivity index (χ1n) is 9.25. The van der Waals surface area contributed by atoms with E-state index in [1.54, 1.807) is 24.5 Å². The zero-order chi connectivity index (χ0) is 19.5. The number of aromatic nitrogens is 3. The largest absolute Gasteiger partial charge is 0.366 e. The average molecular weight is 375 g/mol. The molecular formula is C21H21N5O2. The van der Waals surface area contributed by atoms with E-state index in [-0.39, 0.29) is 5.91 Å². The molecule has 142 valence electrons. The smallest absolute Gasteiger partial charge is 0.248 e. The highest BCUT2D eigenvalue weighted by Crippen LogP contribution is 2.23. The molecule has 0 bridgehead atoms. The van der Waals surface area contributed by atoms with E-state index in [0.717, 1.165) is 34.8 Å². The molecule has 2 aromatic heterocycles. The highest BCUT2D eigenvalue weighted by atomic mass is 16.2. The summed E-state index contributed by atoms with van der Waals surface area (Å²) in [5.74, 6) is 0.433. The lowest BCUT2D eigenvalue weighted by Gasteiger charge is -2.26. The van der Waals surface area contributed by atoms with Crippen LogP contribution < -0.4 is 5.73 Å². The van der Waals surface area contributed by atoms with Gasteiger partial charge in [-0.05, 0) is 36.2 Å². The number of rotatable bonds is 5. The summed E-state index contributed by atoms with van der Waals surface area (Å²) >= 11 is 0. The van der Waals surface area contributed by atoms with E-state index in [9.17, 15) is 9.59 Å². The summed E-state index contributed by atoms with van der Waals surface area (Å²) in [5.41, 5.74) is 9.71. The van der Waals surface area contributed by atoms with Gasteiger partial charge in [0.1, 0.15) is 5.82 Å². The van der Waals surface area contributed by atoms with Crippen molar-refractivity contribution in [1.82, 2.24) is 19.9 Å². The zero-order valence-electron chi connectivity index (χ0n) is 15.4. The molecule has 1 aliphatic heterocycles. The van der Waals surface area contributed by atoms with Gasteiger partial charge in [-0.2, -0.15) is 0 Å². The second kappa shape index (κ2) is 7.64. The molecule has 0 saturated heterocycles. The number of carbonyl (C=O) groups is 2. The summed E-state index contributed by atoms with van der Waals surface area (Å²) in [7, 11) is 0. The maximum Gasteiger partial charge on any atom is 0.248 e. The predicted octanol–water partition coefficient (Wildman–Crippen LogP) is 2.09. The Bertz CT molecular complexity index is 995. The second-order valence-electron chi connectivity index (χ2n) is 6.87. The van der Waals surface area contributed by atoms with E-state index < -0.39 is 5.91 Å². The van der Waals surface area contributed by atoms with Gasteiger partial charge in [-0.1, -0.05) is 12.1 Å². The van der Waals surface area contributed by atoms with Crippen LogP contribution in [0.3, 0.4) is 0 Å². The molecule has 0 radical (unpaired) electrons. The number of hydrogen-bond donors (Lipinski definition) is 2. The first-order valence-corrected chi connectivity index (χ1v) is 9.25. The van der Waals surface area contributed by atoms with Crippen molar-refractivity contribution in [2.45, 2.75) is 25.8 Å². The van der Waals surface area contributed by atoms with Crippen LogP contribution in [0.15, 0.2) is 48.8 Å². The number of aromatic amines is 1. The molecular weight excluding hydrogens is 354 g/mol. The Labute approximate surface area is 162 Å². The van der Waals surface area contributed by atoms with Crippen LogP contribution in [0, 0.1) is 0 Å². The lowest BCUT2D eigenvalue weighted by atomic mass is 10.1. The highest BCUT2D eigenvalue weighted by molar-refractivity contribution is 5.93. The number of nitrogens with two attached hydrogens (primary N) is 1. The number of primary amides is 1. The van der Waals surface area contributed by atoms with Gasteiger partial charge in [0, 0.05) is 42.9 Å². The van der Waals surface area contributed by atoms with Crippen LogP contribution in [0.5, 0.6) is 0 Å². The second-order valence-corrected chi connectivity index (χ2v) is 6.87. The molecule has 2 amide bonds. The van der Waals surface area contributed by atoms with Crippen LogP contribution in [0.2, 0.25) is 0 Å². The Morgan fingerprint density at radius 1 is 1.11 bits per heavy atom. The Balaban J connectivity index is 1.42. The highest BCUT2D eigenvalue weighted by Gasteiger charge is 2.23. The number of aryl methyl sites for hydroxylation is 1. The number of nitrogens with zero attached hydrogens (tertiary/aromatic N) is 3. The van der Waals surface area contributed by atoms with Gasteiger partial charge in [0.25, 0.3) is 0 Å². The summed E-state index contributed by atoms with van der Waals surface area (Å²) in [5, 5.41) is 0. The van der Waals surface area contributed by atoms with Gasteiger partial charge in [0.05, 0.1) is 17.9 Å². The maximum absolute atomic E-state index is 12.6. The lowest BCUT2D eigenvalue weighted by molar-refractivity contribution is -0.132. The van der Waals surface area contributed by atoms with Crippen molar-refractivity contribution in [3.05, 3.63) is 71.3 Å². The van der Waals surface area contributed by atoms with Crippen LogP contribution in [0.4, 0.5) is 0 Å². The molecule has 1 aromatic carbocycles. The molecule has 1 aliphatic rings. The fourth-order valence-electron chi connectivity index (χ4n) is 3.39. The molecule has 28 heavy (non-hydrogen) atoms. The number of fused-ring (bicyclic) bond motifs is 1. The number of nitrogens with one attached hydrogen (secondary N) is 1. The van der Waals surface area contributed by atoms with Crippen molar-refractivity contribution in [3.63, 3.8) is 0 Å². The molecule has 0 fully saturated rings. The van der Waals surface area contributed by atoms with Crippen LogP contribution >= 0.6 is 0 Å². The molecule has 0 unspecified atom stereocenters. The monoisotopic (exact) mass is 375 g/mol. The van der Waals surface area contributed by atoms with Gasteiger partial charge in [-0.3, -0.25) is 14.6 Å². The van der Waals surface area contributed by atoms with Gasteiger partial charge >= 0.3 is 0 Å². The van der Waals surface area contributed by atoms with Crippen molar-refractivity contribution in [3.8, 4) is 11.4 Å². The molecule has 0 aliphatic carbocycles. The van der Waals surface area contributed by atoms with Crippen LogP contribution in [0.1, 0.15) is 33.7 Å². The normalized spacial score (nSPS) is 13.2. The van der Waals surface area contributed by atoms with Gasteiger partial charge in [-0.25, -0.2) is 4.98 Å². The number of benzene rings is 1. The van der Waals surface area contributed by atoms with E-state index in [0.29, 0.717) is 31.5 Å². The van der Waals surface area contributed by atoms with Crippen LogP contribution in [-0.2, 0) is 24.2 Å². The third kappa shape index (κ3) is 3.78. The SMILES string of the molecule is NC(=O)c1ccc(-c2nc3c([nH]2)CN(C(=O)CCc2ccncc2)CC3)cc1. The standard InChI is InChI=1S/C21H21N5O2/c22-20(28)15-2-4-16(5-3-15)21-24-17-9-12-26(13-18(17)25-21)19(27)6-1-14-7-10-23-11-8-14/h2-5,7-8,10-11H,1,6,9,12-13H2,(H2,22,28)(H,24,25). The summed E-state index contributed by atoms with van der Waals surface area (Å²) in [4.78, 5) is 37.7. The number of amides is 2. The molecule has 0 saturated carbocycles. The Morgan fingerprint density at radius 2 is 1.86 bits per heavy atom. The van der Waals surface area contributed by atoms with E-state index in [1.807, 2.05) is 29.2 Å². The minimum Gasteiger partial charge on any atom is -0.366 e. The molecule has 7 nitrogen and oxygen atoms in total. The minimum absolute atomic E-state index is 0.143. The number of imidazole rings is 1. The zero-order valence-corrected chi connectivity index (χ0v) is 15.4. The van der Waals surface area contributed by atoms with E-state index in [2.05, 4.69) is 15.0 Å². The summed E-state index contributed by atoms with van der Waals surface area (Å²) in [6.07, 6.45) is 5.41. The predicted molar refractivity (Wildman–Crippen MR) is 104 cm³/mol. The Morgan fingerprint density at radius 3 is 2.57 bits per heavy atom. The topological polar surface area (TPSA) is 105 Å². The fraction of sp³-hybridized carbons (Fsp3) is 0.238. The average Bonchev–Trinajstić information content (AvgIpc) is 3.16. The Hall–Kier alpha value is -3.48. The van der Waals surface area contributed by atoms with Crippen LogP contribution in [-0.4, -0.2) is 38.2 Å². The number of hydrogen-bond acceptors (Lipinski definition) is 4. The fourth-order valence-corrected chi connectivity index (χ4v) is 3.39. The van der Waals surface area contributed by atoms with Gasteiger partial charge in [-0.15, -0.1) is 0 Å². The summed E-state index contributed by atoms with van der Waals surface area (Å²) in [6, 6.07) is 10.9. The van der Waals surface area contributed by atoms with Crippen molar-refractivity contribution >= 4 is 11.8 Å². The van der Waals surface area contributed by atoms with Crippen molar-refractivity contribution in [2.75, 3.05) is 6.54 Å². The number of H-pyrrole nitrogens is 1. The molecule has 7 heteroatoms. The lowest BCUT2D eigenvalue weighted by Crippen LogP contribution is -2.36. The van der Waals surface area contributed by atoms with Crippen molar-refractivity contribution in [2.24, 2.45) is 5.73 Å². The number of pyridine rings is 1. The summed E-state index contributed by atoms with van der Waals surface area (Å²) < 4.78 is 0. The third-order valence-corrected chi connectivity index (χ3v) is 5.00.